The Kier molecular flexibility index (Phi) is 10.4. The van der Waals surface area contributed by atoms with Gasteiger partial charge in [-0.05, 0) is 45.6 Å². The van der Waals surface area contributed by atoms with Gasteiger partial charge < -0.3 is 9.64 Å². The average molecular weight is 305 g/mol. The smallest absolute Gasteiger partial charge is 0.311 e. The van der Waals surface area contributed by atoms with Crippen molar-refractivity contribution in [1.82, 2.24) is 4.90 Å². The van der Waals surface area contributed by atoms with Crippen LogP contribution in [-0.4, -0.2) is 31.5 Å². The third-order valence-electron chi connectivity index (χ3n) is 3.71. The summed E-state index contributed by atoms with van der Waals surface area (Å²) in [4.78, 5) is 13.9. The summed E-state index contributed by atoms with van der Waals surface area (Å²) in [6.45, 7) is 1.20. The maximum absolute atomic E-state index is 11.6. The number of carbonyl (C=O) groups excluding carboxylic acids is 1. The van der Waals surface area contributed by atoms with E-state index in [0.717, 1.165) is 12.8 Å². The fourth-order valence-corrected chi connectivity index (χ4v) is 2.43. The van der Waals surface area contributed by atoms with E-state index < -0.39 is 0 Å². The summed E-state index contributed by atoms with van der Waals surface area (Å²) >= 11 is 0. The molecule has 1 aromatic carbocycles. The number of ether oxygens (including phenoxy) is 1. The molecule has 0 aliphatic rings. The lowest BCUT2D eigenvalue weighted by Gasteiger charge is -2.08. The summed E-state index contributed by atoms with van der Waals surface area (Å²) in [6.07, 6.45) is 10.4. The molecule has 3 heteroatoms. The van der Waals surface area contributed by atoms with Gasteiger partial charge in [-0.3, -0.25) is 4.79 Å². The second-order valence-electron chi connectivity index (χ2n) is 6.17. The number of hydrogen-bond acceptors (Lipinski definition) is 3. The summed E-state index contributed by atoms with van der Waals surface area (Å²) < 4.78 is 5.26. The molecule has 0 unspecified atom stereocenters. The topological polar surface area (TPSA) is 29.5 Å². The van der Waals surface area contributed by atoms with Crippen LogP contribution in [0.1, 0.15) is 57.8 Å². The number of para-hydroxylation sites is 1. The molecular formula is C19H31NO2. The molecule has 0 fully saturated rings. The lowest BCUT2D eigenvalue weighted by atomic mass is 10.1. The van der Waals surface area contributed by atoms with E-state index in [0.29, 0.717) is 12.2 Å². The Morgan fingerprint density at radius 3 is 2.00 bits per heavy atom. The Morgan fingerprint density at radius 1 is 0.864 bits per heavy atom. The number of esters is 1. The fraction of sp³-hybridized carbons (Fsp3) is 0.632. The number of hydrogen-bond donors (Lipinski definition) is 0. The van der Waals surface area contributed by atoms with Crippen LogP contribution in [0, 0.1) is 0 Å². The minimum atomic E-state index is -0.116. The third-order valence-corrected chi connectivity index (χ3v) is 3.71. The van der Waals surface area contributed by atoms with Crippen LogP contribution in [0.4, 0.5) is 0 Å². The third kappa shape index (κ3) is 10.4. The Bertz CT molecular complexity index is 390. The van der Waals surface area contributed by atoms with Crippen LogP contribution in [0.5, 0.6) is 5.75 Å². The molecule has 124 valence electrons. The molecule has 1 rings (SSSR count). The highest BCUT2D eigenvalue weighted by molar-refractivity contribution is 5.72. The summed E-state index contributed by atoms with van der Waals surface area (Å²) in [5.41, 5.74) is 0. The highest BCUT2D eigenvalue weighted by atomic mass is 16.5. The molecule has 0 aromatic heterocycles. The first-order valence-corrected chi connectivity index (χ1v) is 8.59. The molecule has 0 aliphatic carbocycles. The van der Waals surface area contributed by atoms with Crippen LogP contribution in [0.15, 0.2) is 30.3 Å². The molecule has 0 spiro atoms. The molecule has 0 radical (unpaired) electrons. The number of nitrogens with zero attached hydrogens (tertiary/aromatic N) is 1. The monoisotopic (exact) mass is 305 g/mol. The van der Waals surface area contributed by atoms with Gasteiger partial charge in [-0.2, -0.15) is 0 Å². The van der Waals surface area contributed by atoms with Gasteiger partial charge >= 0.3 is 5.97 Å². The molecule has 3 nitrogen and oxygen atoms in total. The number of benzene rings is 1. The molecule has 0 atom stereocenters. The van der Waals surface area contributed by atoms with E-state index >= 15 is 0 Å². The van der Waals surface area contributed by atoms with Gasteiger partial charge in [-0.25, -0.2) is 0 Å². The van der Waals surface area contributed by atoms with E-state index in [-0.39, 0.29) is 5.97 Å². The van der Waals surface area contributed by atoms with Crippen LogP contribution in [0.3, 0.4) is 0 Å². The van der Waals surface area contributed by atoms with E-state index in [2.05, 4.69) is 19.0 Å². The highest BCUT2D eigenvalue weighted by Gasteiger charge is 2.03. The van der Waals surface area contributed by atoms with Crippen molar-refractivity contribution in [2.45, 2.75) is 57.8 Å². The number of unbranched alkanes of at least 4 members (excludes halogenated alkanes) is 7. The average Bonchev–Trinajstić information content (AvgIpc) is 2.50. The molecule has 0 saturated heterocycles. The Hall–Kier alpha value is -1.35. The largest absolute Gasteiger partial charge is 0.427 e. The summed E-state index contributed by atoms with van der Waals surface area (Å²) in [5, 5.41) is 0. The number of rotatable bonds is 12. The maximum atomic E-state index is 11.6. The van der Waals surface area contributed by atoms with Crippen molar-refractivity contribution in [3.8, 4) is 5.75 Å². The maximum Gasteiger partial charge on any atom is 0.311 e. The Labute approximate surface area is 135 Å². The summed E-state index contributed by atoms with van der Waals surface area (Å²) in [6, 6.07) is 9.29. The van der Waals surface area contributed by atoms with Crippen LogP contribution < -0.4 is 4.74 Å². The first-order chi connectivity index (χ1) is 10.7. The molecule has 0 aliphatic heterocycles. The second-order valence-corrected chi connectivity index (χ2v) is 6.17. The first kappa shape index (κ1) is 18.7. The van der Waals surface area contributed by atoms with Gasteiger partial charge in [0.2, 0.25) is 0 Å². The van der Waals surface area contributed by atoms with Gasteiger partial charge in [0.05, 0.1) is 0 Å². The van der Waals surface area contributed by atoms with Gasteiger partial charge in [0.15, 0.2) is 0 Å². The molecule has 0 bridgehead atoms. The van der Waals surface area contributed by atoms with E-state index in [4.69, 9.17) is 4.74 Å². The molecule has 1 aromatic rings. The highest BCUT2D eigenvalue weighted by Crippen LogP contribution is 2.12. The molecular weight excluding hydrogens is 274 g/mol. The predicted octanol–water partition coefficient (Wildman–Crippen LogP) is 4.66. The van der Waals surface area contributed by atoms with Gasteiger partial charge in [0.25, 0.3) is 0 Å². The van der Waals surface area contributed by atoms with Crippen LogP contribution in [0.2, 0.25) is 0 Å². The summed E-state index contributed by atoms with van der Waals surface area (Å²) in [5.74, 6) is 0.528. The molecule has 0 saturated carbocycles. The van der Waals surface area contributed by atoms with Crippen LogP contribution in [-0.2, 0) is 4.79 Å². The zero-order valence-electron chi connectivity index (χ0n) is 14.2. The fourth-order valence-electron chi connectivity index (χ4n) is 2.43. The van der Waals surface area contributed by atoms with Crippen molar-refractivity contribution in [3.05, 3.63) is 30.3 Å². The minimum absolute atomic E-state index is 0.116. The zero-order valence-corrected chi connectivity index (χ0v) is 14.2. The first-order valence-electron chi connectivity index (χ1n) is 8.59. The normalized spacial score (nSPS) is 10.9. The lowest BCUT2D eigenvalue weighted by Crippen LogP contribution is -2.12. The van der Waals surface area contributed by atoms with Crippen molar-refractivity contribution in [2.24, 2.45) is 0 Å². The van der Waals surface area contributed by atoms with Crippen LogP contribution >= 0.6 is 0 Å². The Balaban J connectivity index is 1.88. The van der Waals surface area contributed by atoms with Crippen molar-refractivity contribution >= 4 is 5.97 Å². The van der Waals surface area contributed by atoms with Crippen molar-refractivity contribution in [1.29, 1.82) is 0 Å². The molecule has 0 amide bonds. The standard InChI is InChI=1S/C19H31NO2/c1-20(2)17-13-8-6-4-3-5-7-12-16-19(21)22-18-14-10-9-11-15-18/h9-11,14-15H,3-8,12-13,16-17H2,1-2H3. The van der Waals surface area contributed by atoms with Gasteiger partial charge in [0, 0.05) is 6.42 Å². The Morgan fingerprint density at radius 2 is 1.41 bits per heavy atom. The van der Waals surface area contributed by atoms with Gasteiger partial charge in [0.1, 0.15) is 5.75 Å². The summed E-state index contributed by atoms with van der Waals surface area (Å²) in [7, 11) is 4.26. The van der Waals surface area contributed by atoms with Crippen molar-refractivity contribution in [2.75, 3.05) is 20.6 Å². The SMILES string of the molecule is CN(C)CCCCCCCCCCC(=O)Oc1ccccc1. The van der Waals surface area contributed by atoms with Crippen LogP contribution in [0.25, 0.3) is 0 Å². The second kappa shape index (κ2) is 12.2. The molecule has 0 N–H and O–H groups in total. The predicted molar refractivity (Wildman–Crippen MR) is 92.2 cm³/mol. The van der Waals surface area contributed by atoms with Gasteiger partial charge in [-0.1, -0.05) is 56.7 Å². The molecule has 0 heterocycles. The quantitative estimate of drug-likeness (QED) is 0.319. The molecule has 22 heavy (non-hydrogen) atoms. The van der Waals surface area contributed by atoms with E-state index in [9.17, 15) is 4.79 Å². The van der Waals surface area contributed by atoms with Crippen molar-refractivity contribution < 1.29 is 9.53 Å². The van der Waals surface area contributed by atoms with Crippen molar-refractivity contribution in [3.63, 3.8) is 0 Å². The van der Waals surface area contributed by atoms with Gasteiger partial charge in [-0.15, -0.1) is 0 Å². The van der Waals surface area contributed by atoms with E-state index in [1.54, 1.807) is 0 Å². The minimum Gasteiger partial charge on any atom is -0.427 e. The lowest BCUT2D eigenvalue weighted by molar-refractivity contribution is -0.134. The van der Waals surface area contributed by atoms with E-state index in [1.807, 2.05) is 30.3 Å². The number of carbonyl (C=O) groups is 1. The van der Waals surface area contributed by atoms with E-state index in [1.165, 1.54) is 45.1 Å². The zero-order chi connectivity index (χ0) is 16.0.